The average Bonchev–Trinajstić information content (AvgIpc) is 2.72. The fourth-order valence-electron chi connectivity index (χ4n) is 0.791. The van der Waals surface area contributed by atoms with Crippen LogP contribution in [0.25, 0.3) is 5.13 Å². The minimum absolute atomic E-state index is 0.334. The van der Waals surface area contributed by atoms with Gasteiger partial charge in [-0.15, -0.1) is 15.3 Å². The van der Waals surface area contributed by atoms with Crippen LogP contribution in [0, 0.1) is 0 Å². The highest BCUT2D eigenvalue weighted by molar-refractivity contribution is 7.98. The van der Waals surface area contributed by atoms with E-state index >= 15 is 0 Å². The standard InChI is InChI=1S/C5H6N6S2/c1-12-4-8-3(6)11(10-4)5-9-7-2-13-5/h2H,1H3,(H2,6,8,10). The van der Waals surface area contributed by atoms with Gasteiger partial charge >= 0.3 is 0 Å². The van der Waals surface area contributed by atoms with E-state index in [1.54, 1.807) is 5.51 Å². The molecule has 0 unspecified atom stereocenters. The lowest BCUT2D eigenvalue weighted by Gasteiger charge is -1.92. The van der Waals surface area contributed by atoms with Crippen molar-refractivity contribution in [1.29, 1.82) is 0 Å². The van der Waals surface area contributed by atoms with Gasteiger partial charge in [-0.1, -0.05) is 23.1 Å². The summed E-state index contributed by atoms with van der Waals surface area (Å²) >= 11 is 2.80. The number of thioether (sulfide) groups is 1. The number of aromatic nitrogens is 5. The maximum atomic E-state index is 5.62. The van der Waals surface area contributed by atoms with Crippen LogP contribution < -0.4 is 5.73 Å². The third-order valence-corrected chi connectivity index (χ3v) is 2.53. The normalized spacial score (nSPS) is 10.5. The maximum absolute atomic E-state index is 5.62. The summed E-state index contributed by atoms with van der Waals surface area (Å²) in [6.45, 7) is 0. The van der Waals surface area contributed by atoms with Crippen molar-refractivity contribution in [2.45, 2.75) is 5.16 Å². The molecule has 0 radical (unpaired) electrons. The smallest absolute Gasteiger partial charge is 0.235 e. The van der Waals surface area contributed by atoms with E-state index in [0.717, 1.165) is 0 Å². The zero-order valence-corrected chi connectivity index (χ0v) is 8.34. The molecule has 0 fully saturated rings. The third-order valence-electron chi connectivity index (χ3n) is 1.33. The minimum atomic E-state index is 0.334. The molecule has 8 heteroatoms. The first-order chi connectivity index (χ1) is 6.31. The summed E-state index contributed by atoms with van der Waals surface area (Å²) in [5.74, 6) is 0.334. The minimum Gasteiger partial charge on any atom is -0.368 e. The van der Waals surface area contributed by atoms with Crippen molar-refractivity contribution in [3.63, 3.8) is 0 Å². The SMILES string of the molecule is CSc1nc(N)n(-c2nncs2)n1. The second-order valence-electron chi connectivity index (χ2n) is 2.09. The molecule has 2 aromatic rings. The predicted octanol–water partition coefficient (Wildman–Crippen LogP) is 0.423. The molecule has 0 bridgehead atoms. The van der Waals surface area contributed by atoms with Gasteiger partial charge in [-0.3, -0.25) is 0 Å². The molecule has 2 rings (SSSR count). The van der Waals surface area contributed by atoms with E-state index in [-0.39, 0.29) is 0 Å². The first-order valence-electron chi connectivity index (χ1n) is 3.34. The molecule has 2 heterocycles. The van der Waals surface area contributed by atoms with Gasteiger partial charge in [0, 0.05) is 0 Å². The quantitative estimate of drug-likeness (QED) is 0.730. The molecule has 2 aromatic heterocycles. The van der Waals surface area contributed by atoms with Crippen molar-refractivity contribution >= 4 is 29.0 Å². The van der Waals surface area contributed by atoms with Gasteiger partial charge in [0.15, 0.2) is 0 Å². The zero-order valence-electron chi connectivity index (χ0n) is 6.71. The maximum Gasteiger partial charge on any atom is 0.235 e. The Labute approximate surface area is 82.2 Å². The Bertz CT molecular complexity index is 393. The van der Waals surface area contributed by atoms with Crippen molar-refractivity contribution in [3.05, 3.63) is 5.51 Å². The van der Waals surface area contributed by atoms with Crippen molar-refractivity contribution in [2.24, 2.45) is 0 Å². The number of nitrogens with zero attached hydrogens (tertiary/aromatic N) is 5. The average molecular weight is 214 g/mol. The zero-order chi connectivity index (χ0) is 9.26. The molecule has 0 amide bonds. The fraction of sp³-hybridized carbons (Fsp3) is 0.200. The number of anilines is 1. The molecule has 2 N–H and O–H groups in total. The monoisotopic (exact) mass is 214 g/mol. The second kappa shape index (κ2) is 3.30. The summed E-state index contributed by atoms with van der Waals surface area (Å²) in [5, 5.41) is 12.9. The van der Waals surface area contributed by atoms with E-state index in [1.165, 1.54) is 27.8 Å². The van der Waals surface area contributed by atoms with Crippen LogP contribution in [0.4, 0.5) is 5.95 Å². The summed E-state index contributed by atoms with van der Waals surface area (Å²) in [4.78, 5) is 4.02. The molecular formula is C5H6N6S2. The van der Waals surface area contributed by atoms with Crippen molar-refractivity contribution in [2.75, 3.05) is 12.0 Å². The van der Waals surface area contributed by atoms with Crippen LogP contribution in [0.3, 0.4) is 0 Å². The number of hydrogen-bond acceptors (Lipinski definition) is 7. The third kappa shape index (κ3) is 1.49. The van der Waals surface area contributed by atoms with Crippen LogP contribution in [0.2, 0.25) is 0 Å². The molecule has 13 heavy (non-hydrogen) atoms. The van der Waals surface area contributed by atoms with Crippen LogP contribution in [-0.2, 0) is 0 Å². The first-order valence-corrected chi connectivity index (χ1v) is 5.45. The largest absolute Gasteiger partial charge is 0.368 e. The van der Waals surface area contributed by atoms with E-state index in [0.29, 0.717) is 16.2 Å². The number of nitrogen functional groups attached to an aromatic ring is 1. The van der Waals surface area contributed by atoms with E-state index < -0.39 is 0 Å². The van der Waals surface area contributed by atoms with E-state index in [1.807, 2.05) is 6.26 Å². The number of rotatable bonds is 2. The number of nitrogens with two attached hydrogens (primary N) is 1. The highest BCUT2D eigenvalue weighted by Gasteiger charge is 2.09. The molecular weight excluding hydrogens is 208 g/mol. The lowest BCUT2D eigenvalue weighted by Crippen LogP contribution is -2.01. The summed E-state index contributed by atoms with van der Waals surface area (Å²) in [5.41, 5.74) is 7.24. The Hall–Kier alpha value is -1.15. The number of hydrogen-bond donors (Lipinski definition) is 1. The molecule has 0 aliphatic carbocycles. The molecule has 0 aromatic carbocycles. The highest BCUT2D eigenvalue weighted by Crippen LogP contribution is 2.16. The Morgan fingerprint density at radius 1 is 1.62 bits per heavy atom. The van der Waals surface area contributed by atoms with Crippen molar-refractivity contribution in [1.82, 2.24) is 25.0 Å². The Kier molecular flexibility index (Phi) is 2.15. The van der Waals surface area contributed by atoms with Gasteiger partial charge in [0.25, 0.3) is 0 Å². The van der Waals surface area contributed by atoms with E-state index in [2.05, 4.69) is 20.3 Å². The summed E-state index contributed by atoms with van der Waals surface area (Å²) in [6.07, 6.45) is 1.89. The van der Waals surface area contributed by atoms with Crippen LogP contribution >= 0.6 is 23.1 Å². The van der Waals surface area contributed by atoms with Gasteiger partial charge < -0.3 is 5.73 Å². The summed E-state index contributed by atoms with van der Waals surface area (Å²) in [7, 11) is 0. The molecule has 0 saturated heterocycles. The van der Waals surface area contributed by atoms with Crippen LogP contribution in [0.1, 0.15) is 0 Å². The van der Waals surface area contributed by atoms with Gasteiger partial charge in [-0.05, 0) is 6.26 Å². The molecule has 0 aliphatic rings. The molecule has 0 aliphatic heterocycles. The topological polar surface area (TPSA) is 82.5 Å². The molecule has 6 nitrogen and oxygen atoms in total. The molecule has 68 valence electrons. The van der Waals surface area contributed by atoms with Crippen molar-refractivity contribution < 1.29 is 0 Å². The summed E-state index contributed by atoms with van der Waals surface area (Å²) < 4.78 is 1.48. The van der Waals surface area contributed by atoms with Gasteiger partial charge in [-0.2, -0.15) is 9.67 Å². The fourth-order valence-corrected chi connectivity index (χ4v) is 1.66. The van der Waals surface area contributed by atoms with Crippen LogP contribution in [0.15, 0.2) is 10.7 Å². The Morgan fingerprint density at radius 2 is 2.46 bits per heavy atom. The Balaban J connectivity index is 2.46. The lowest BCUT2D eigenvalue weighted by molar-refractivity contribution is 0.818. The molecule has 0 saturated carbocycles. The van der Waals surface area contributed by atoms with E-state index in [9.17, 15) is 0 Å². The van der Waals surface area contributed by atoms with Gasteiger partial charge in [0.2, 0.25) is 16.2 Å². The molecule has 0 atom stereocenters. The first kappa shape index (κ1) is 8.45. The molecule has 0 spiro atoms. The van der Waals surface area contributed by atoms with Crippen molar-refractivity contribution in [3.8, 4) is 5.13 Å². The second-order valence-corrected chi connectivity index (χ2v) is 3.67. The van der Waals surface area contributed by atoms with Gasteiger partial charge in [0.05, 0.1) is 0 Å². The highest BCUT2D eigenvalue weighted by atomic mass is 32.2. The Morgan fingerprint density at radius 3 is 3.00 bits per heavy atom. The van der Waals surface area contributed by atoms with Crippen LogP contribution in [-0.4, -0.2) is 31.2 Å². The lowest BCUT2D eigenvalue weighted by atomic mass is 11.0. The van der Waals surface area contributed by atoms with E-state index in [4.69, 9.17) is 5.73 Å². The predicted molar refractivity (Wildman–Crippen MR) is 51.0 cm³/mol. The summed E-state index contributed by atoms with van der Waals surface area (Å²) in [6, 6.07) is 0. The van der Waals surface area contributed by atoms with Crippen LogP contribution in [0.5, 0.6) is 0 Å². The van der Waals surface area contributed by atoms with Gasteiger partial charge in [-0.25, -0.2) is 0 Å². The van der Waals surface area contributed by atoms with Gasteiger partial charge in [0.1, 0.15) is 5.51 Å².